The molecule has 0 saturated heterocycles. The van der Waals surface area contributed by atoms with Gasteiger partial charge in [-0.3, -0.25) is 10.1 Å². The minimum absolute atomic E-state index is 0.166. The largest absolute Gasteiger partial charge is 0.497 e. The number of benzene rings is 2. The molecule has 5 rings (SSSR count). The van der Waals surface area contributed by atoms with Crippen molar-refractivity contribution in [1.29, 1.82) is 0 Å². The predicted molar refractivity (Wildman–Crippen MR) is 102 cm³/mol. The van der Waals surface area contributed by atoms with Crippen LogP contribution < -0.4 is 9.47 Å². The van der Waals surface area contributed by atoms with Crippen LogP contribution >= 0.6 is 0 Å². The van der Waals surface area contributed by atoms with Gasteiger partial charge in [-0.2, -0.15) is 5.10 Å². The van der Waals surface area contributed by atoms with Gasteiger partial charge in [0.05, 0.1) is 36.6 Å². The van der Waals surface area contributed by atoms with E-state index in [1.54, 1.807) is 13.3 Å². The summed E-state index contributed by atoms with van der Waals surface area (Å²) in [5.41, 5.74) is 5.94. The van der Waals surface area contributed by atoms with E-state index in [0.29, 0.717) is 6.61 Å². The molecule has 6 nitrogen and oxygen atoms in total. The van der Waals surface area contributed by atoms with E-state index in [1.807, 2.05) is 42.7 Å². The van der Waals surface area contributed by atoms with Crippen LogP contribution in [0.1, 0.15) is 17.2 Å². The number of nitrogens with zero attached hydrogens (tertiary/aromatic N) is 3. The lowest BCUT2D eigenvalue weighted by Gasteiger charge is -2.25. The predicted octanol–water partition coefficient (Wildman–Crippen LogP) is 3.75. The second kappa shape index (κ2) is 6.39. The summed E-state index contributed by atoms with van der Waals surface area (Å²) in [7, 11) is 1.68. The van der Waals surface area contributed by atoms with E-state index in [4.69, 9.17) is 14.5 Å². The van der Waals surface area contributed by atoms with Crippen LogP contribution in [0.3, 0.4) is 0 Å². The molecule has 0 radical (unpaired) electrons. The number of H-pyrrole nitrogens is 1. The van der Waals surface area contributed by atoms with Crippen molar-refractivity contribution in [3.8, 4) is 22.6 Å². The van der Waals surface area contributed by atoms with Gasteiger partial charge in [-0.15, -0.1) is 0 Å². The quantitative estimate of drug-likeness (QED) is 0.604. The second-order valence-corrected chi connectivity index (χ2v) is 6.67. The van der Waals surface area contributed by atoms with Crippen molar-refractivity contribution in [3.05, 3.63) is 66.2 Å². The Kier molecular flexibility index (Phi) is 3.74. The highest BCUT2D eigenvalue weighted by molar-refractivity contribution is 5.81. The number of fused-ring (bicyclic) bond motifs is 2. The molecule has 0 aliphatic carbocycles. The Balaban J connectivity index is 1.49. The van der Waals surface area contributed by atoms with Crippen LogP contribution in [0.15, 0.2) is 55.0 Å². The number of methoxy groups -OCH3 is 1. The Morgan fingerprint density at radius 2 is 2.04 bits per heavy atom. The van der Waals surface area contributed by atoms with Crippen LogP contribution in [0, 0.1) is 0 Å². The van der Waals surface area contributed by atoms with Crippen molar-refractivity contribution in [2.45, 2.75) is 12.3 Å². The summed E-state index contributed by atoms with van der Waals surface area (Å²) in [6.45, 7) is 0.598. The molecule has 3 heterocycles. The summed E-state index contributed by atoms with van der Waals surface area (Å²) < 4.78 is 11.3. The summed E-state index contributed by atoms with van der Waals surface area (Å²) >= 11 is 0. The number of rotatable bonds is 3. The number of hydrogen-bond donors (Lipinski definition) is 1. The maximum absolute atomic E-state index is 5.95. The molecule has 0 saturated carbocycles. The SMILES string of the molecule is COc1ccc2c(c1)CC(c1cnc3ccc(-c4cn[nH]c4)cc3n1)CO2. The third-order valence-corrected chi connectivity index (χ3v) is 4.98. The third-order valence-electron chi connectivity index (χ3n) is 4.98. The minimum Gasteiger partial charge on any atom is -0.497 e. The van der Waals surface area contributed by atoms with Crippen molar-refractivity contribution in [2.75, 3.05) is 13.7 Å². The molecule has 2 aromatic carbocycles. The first-order chi connectivity index (χ1) is 13.3. The molecule has 2 aromatic heterocycles. The zero-order valence-corrected chi connectivity index (χ0v) is 14.8. The molecule has 4 aromatic rings. The Hall–Kier alpha value is -3.41. The molecule has 6 heteroatoms. The average molecular weight is 358 g/mol. The Morgan fingerprint density at radius 1 is 1.07 bits per heavy atom. The van der Waals surface area contributed by atoms with Crippen LogP contribution in [-0.4, -0.2) is 33.9 Å². The van der Waals surface area contributed by atoms with Crippen molar-refractivity contribution in [1.82, 2.24) is 20.2 Å². The van der Waals surface area contributed by atoms with Gasteiger partial charge >= 0.3 is 0 Å². The summed E-state index contributed by atoms with van der Waals surface area (Å²) in [5, 5.41) is 6.86. The molecule has 0 bridgehead atoms. The van der Waals surface area contributed by atoms with Gasteiger partial charge in [-0.1, -0.05) is 6.07 Å². The molecule has 0 spiro atoms. The van der Waals surface area contributed by atoms with Gasteiger partial charge < -0.3 is 9.47 Å². The minimum atomic E-state index is 0.166. The zero-order valence-electron chi connectivity index (χ0n) is 14.8. The highest BCUT2D eigenvalue weighted by atomic mass is 16.5. The van der Waals surface area contributed by atoms with Gasteiger partial charge in [-0.05, 0) is 47.9 Å². The number of ether oxygens (including phenoxy) is 2. The lowest BCUT2D eigenvalue weighted by Crippen LogP contribution is -2.20. The monoisotopic (exact) mass is 358 g/mol. The van der Waals surface area contributed by atoms with Gasteiger partial charge in [0.2, 0.25) is 0 Å². The fourth-order valence-corrected chi connectivity index (χ4v) is 3.50. The van der Waals surface area contributed by atoms with E-state index in [1.165, 1.54) is 0 Å². The molecule has 27 heavy (non-hydrogen) atoms. The van der Waals surface area contributed by atoms with Crippen molar-refractivity contribution in [2.24, 2.45) is 0 Å². The van der Waals surface area contributed by atoms with Gasteiger partial charge in [-0.25, -0.2) is 4.98 Å². The maximum Gasteiger partial charge on any atom is 0.122 e. The highest BCUT2D eigenvalue weighted by Gasteiger charge is 2.23. The van der Waals surface area contributed by atoms with Crippen molar-refractivity contribution >= 4 is 11.0 Å². The lowest BCUT2D eigenvalue weighted by molar-refractivity contribution is 0.259. The van der Waals surface area contributed by atoms with Crippen LogP contribution in [0.4, 0.5) is 0 Å². The van der Waals surface area contributed by atoms with Gasteiger partial charge in [0, 0.05) is 23.9 Å². The van der Waals surface area contributed by atoms with E-state index < -0.39 is 0 Å². The Morgan fingerprint density at radius 3 is 2.89 bits per heavy atom. The molecule has 1 aliphatic rings. The van der Waals surface area contributed by atoms with Gasteiger partial charge in [0.25, 0.3) is 0 Å². The zero-order chi connectivity index (χ0) is 18.2. The fraction of sp³-hybridized carbons (Fsp3) is 0.190. The van der Waals surface area contributed by atoms with Crippen LogP contribution in [-0.2, 0) is 6.42 Å². The average Bonchev–Trinajstić information content (AvgIpc) is 3.27. The Labute approximate surface area is 156 Å². The van der Waals surface area contributed by atoms with E-state index >= 15 is 0 Å². The Bertz CT molecular complexity index is 1110. The summed E-state index contributed by atoms with van der Waals surface area (Å²) in [6.07, 6.45) is 6.39. The first-order valence-corrected chi connectivity index (χ1v) is 8.86. The molecule has 134 valence electrons. The molecular weight excluding hydrogens is 340 g/mol. The standard InChI is InChI=1S/C21H18N4O2/c1-26-17-3-5-21-14(7-17)6-15(12-27-21)20-11-22-18-4-2-13(8-19(18)25-20)16-9-23-24-10-16/h2-5,7-11,15H,6,12H2,1H3,(H,23,24). The van der Waals surface area contributed by atoms with E-state index in [9.17, 15) is 0 Å². The van der Waals surface area contributed by atoms with Crippen molar-refractivity contribution in [3.63, 3.8) is 0 Å². The molecule has 1 aliphatic heterocycles. The summed E-state index contributed by atoms with van der Waals surface area (Å²) in [5.74, 6) is 1.93. The molecule has 0 fully saturated rings. The van der Waals surface area contributed by atoms with Crippen LogP contribution in [0.2, 0.25) is 0 Å². The first kappa shape index (κ1) is 15.8. The molecule has 1 N–H and O–H groups in total. The highest BCUT2D eigenvalue weighted by Crippen LogP contribution is 2.34. The van der Waals surface area contributed by atoms with Gasteiger partial charge in [0.15, 0.2) is 0 Å². The van der Waals surface area contributed by atoms with Crippen LogP contribution in [0.25, 0.3) is 22.2 Å². The van der Waals surface area contributed by atoms with E-state index in [2.05, 4.69) is 21.2 Å². The van der Waals surface area contributed by atoms with E-state index in [-0.39, 0.29) is 5.92 Å². The topological polar surface area (TPSA) is 72.9 Å². The third kappa shape index (κ3) is 2.89. The van der Waals surface area contributed by atoms with E-state index in [0.717, 1.165) is 51.3 Å². The molecular formula is C21H18N4O2. The van der Waals surface area contributed by atoms with Gasteiger partial charge in [0.1, 0.15) is 11.5 Å². The molecule has 0 amide bonds. The normalized spacial score (nSPS) is 16.0. The number of aromatic amines is 1. The molecule has 1 unspecified atom stereocenters. The number of aromatic nitrogens is 4. The smallest absolute Gasteiger partial charge is 0.122 e. The molecule has 1 atom stereocenters. The summed E-state index contributed by atoms with van der Waals surface area (Å²) in [4.78, 5) is 9.48. The number of hydrogen-bond acceptors (Lipinski definition) is 5. The maximum atomic E-state index is 5.95. The number of nitrogens with one attached hydrogen (secondary N) is 1. The summed E-state index contributed by atoms with van der Waals surface area (Å²) in [6, 6.07) is 12.0. The first-order valence-electron chi connectivity index (χ1n) is 8.86. The fourth-order valence-electron chi connectivity index (χ4n) is 3.50. The second-order valence-electron chi connectivity index (χ2n) is 6.67. The van der Waals surface area contributed by atoms with Crippen LogP contribution in [0.5, 0.6) is 11.5 Å². The lowest BCUT2D eigenvalue weighted by atomic mass is 9.94. The van der Waals surface area contributed by atoms with Crippen molar-refractivity contribution < 1.29 is 9.47 Å².